The summed E-state index contributed by atoms with van der Waals surface area (Å²) in [5.41, 5.74) is 2.51. The number of nitrogens with zero attached hydrogens (tertiary/aromatic N) is 3. The van der Waals surface area contributed by atoms with Gasteiger partial charge in [-0.15, -0.1) is 0 Å². The predicted molar refractivity (Wildman–Crippen MR) is 126 cm³/mol. The number of hydrogen-bond donors (Lipinski definition) is 1. The van der Waals surface area contributed by atoms with Crippen molar-refractivity contribution in [2.24, 2.45) is 5.41 Å². The van der Waals surface area contributed by atoms with Gasteiger partial charge in [0.05, 0.1) is 11.0 Å². The molecule has 170 valence electrons. The van der Waals surface area contributed by atoms with Gasteiger partial charge in [-0.25, -0.2) is 4.79 Å². The minimum absolute atomic E-state index is 0.0600. The van der Waals surface area contributed by atoms with Crippen LogP contribution in [0, 0.1) is 5.41 Å². The van der Waals surface area contributed by atoms with Crippen molar-refractivity contribution in [1.82, 2.24) is 19.4 Å². The molecular formula is C24H35ClN4O2. The third kappa shape index (κ3) is 4.42. The Hall–Kier alpha value is -1.79. The summed E-state index contributed by atoms with van der Waals surface area (Å²) in [6.45, 7) is 8.56. The van der Waals surface area contributed by atoms with E-state index in [-0.39, 0.29) is 23.1 Å². The van der Waals surface area contributed by atoms with Gasteiger partial charge in [-0.05, 0) is 69.8 Å². The Morgan fingerprint density at radius 3 is 2.81 bits per heavy atom. The van der Waals surface area contributed by atoms with Crippen molar-refractivity contribution in [3.63, 3.8) is 0 Å². The number of H-pyrrole nitrogens is 1. The van der Waals surface area contributed by atoms with E-state index in [9.17, 15) is 9.59 Å². The van der Waals surface area contributed by atoms with Gasteiger partial charge in [0, 0.05) is 35.6 Å². The van der Waals surface area contributed by atoms with Gasteiger partial charge in [-0.1, -0.05) is 32.4 Å². The van der Waals surface area contributed by atoms with E-state index in [0.29, 0.717) is 12.6 Å². The van der Waals surface area contributed by atoms with Crippen LogP contribution < -0.4 is 5.69 Å². The molecule has 2 unspecified atom stereocenters. The monoisotopic (exact) mass is 446 g/mol. The number of piperidine rings is 1. The molecule has 1 saturated heterocycles. The highest BCUT2D eigenvalue weighted by Gasteiger charge is 2.33. The molecule has 6 nitrogen and oxygen atoms in total. The minimum Gasteiger partial charge on any atom is -0.339 e. The number of rotatable bonds is 5. The second kappa shape index (κ2) is 8.62. The van der Waals surface area contributed by atoms with Crippen LogP contribution in [-0.2, 0) is 17.8 Å². The molecule has 2 aliphatic rings. The largest absolute Gasteiger partial charge is 0.339 e. The molecule has 1 aromatic heterocycles. The molecule has 0 radical (unpaired) electrons. The second-order valence-corrected chi connectivity index (χ2v) is 10.7. The summed E-state index contributed by atoms with van der Waals surface area (Å²) in [6, 6.07) is 4.36. The summed E-state index contributed by atoms with van der Waals surface area (Å²) in [7, 11) is 2.14. The highest BCUT2D eigenvalue weighted by Crippen LogP contribution is 2.31. The molecule has 7 heteroatoms. The van der Waals surface area contributed by atoms with Gasteiger partial charge >= 0.3 is 5.69 Å². The first-order valence-electron chi connectivity index (χ1n) is 11.6. The number of carbonyl (C=O) groups is 1. The minimum atomic E-state index is -0.323. The molecule has 31 heavy (non-hydrogen) atoms. The molecular weight excluding hydrogens is 412 g/mol. The molecule has 0 aliphatic carbocycles. The summed E-state index contributed by atoms with van der Waals surface area (Å²) >= 11 is 6.49. The van der Waals surface area contributed by atoms with Crippen LogP contribution in [0.25, 0.3) is 11.0 Å². The Bertz CT molecular complexity index is 1020. The van der Waals surface area contributed by atoms with Gasteiger partial charge in [0.2, 0.25) is 5.91 Å². The molecule has 4 rings (SSSR count). The number of carbonyl (C=O) groups excluding carboxylic acids is 1. The molecule has 1 N–H and O–H groups in total. The Labute approximate surface area is 189 Å². The van der Waals surface area contributed by atoms with E-state index in [4.69, 9.17) is 11.6 Å². The fourth-order valence-corrected chi connectivity index (χ4v) is 5.47. The Morgan fingerprint density at radius 1 is 1.29 bits per heavy atom. The second-order valence-electron chi connectivity index (χ2n) is 10.3. The van der Waals surface area contributed by atoms with E-state index in [1.165, 1.54) is 6.42 Å². The normalized spacial score (nSPS) is 21.8. The van der Waals surface area contributed by atoms with E-state index in [1.54, 1.807) is 0 Å². The number of aromatic amines is 1. The van der Waals surface area contributed by atoms with Gasteiger partial charge in [0.15, 0.2) is 0 Å². The molecule has 0 saturated carbocycles. The van der Waals surface area contributed by atoms with E-state index >= 15 is 0 Å². The maximum absolute atomic E-state index is 12.9. The lowest BCUT2D eigenvalue weighted by atomic mass is 9.90. The van der Waals surface area contributed by atoms with Crippen LogP contribution in [0.2, 0.25) is 5.02 Å². The zero-order valence-corrected chi connectivity index (χ0v) is 20.0. The van der Waals surface area contributed by atoms with E-state index < -0.39 is 0 Å². The first-order chi connectivity index (χ1) is 14.7. The lowest BCUT2D eigenvalue weighted by Gasteiger charge is -2.40. The number of halogens is 1. The average molecular weight is 447 g/mol. The molecule has 2 aliphatic heterocycles. The zero-order chi connectivity index (χ0) is 22.3. The van der Waals surface area contributed by atoms with E-state index in [1.807, 2.05) is 37.5 Å². The van der Waals surface area contributed by atoms with Crippen molar-refractivity contribution < 1.29 is 4.79 Å². The van der Waals surface area contributed by atoms with Crippen LogP contribution in [0.1, 0.15) is 58.4 Å². The van der Waals surface area contributed by atoms with Crippen LogP contribution >= 0.6 is 11.6 Å². The van der Waals surface area contributed by atoms with Crippen molar-refractivity contribution in [1.29, 1.82) is 0 Å². The Morgan fingerprint density at radius 2 is 2.06 bits per heavy atom. The number of hydrogen-bond acceptors (Lipinski definition) is 3. The van der Waals surface area contributed by atoms with Crippen molar-refractivity contribution in [3.8, 4) is 0 Å². The SMILES string of the molecule is CN(CCCC1CCCCN1C(=O)C(C)(C)C)C1Cc2c(Cl)ccc3[nH]c(=O)n(c23)C1. The van der Waals surface area contributed by atoms with Crippen molar-refractivity contribution in [2.45, 2.75) is 77.9 Å². The molecule has 1 aromatic carbocycles. The maximum atomic E-state index is 12.9. The third-order valence-corrected chi connectivity index (χ3v) is 7.37. The summed E-state index contributed by atoms with van der Waals surface area (Å²) in [4.78, 5) is 32.8. The number of nitrogens with one attached hydrogen (secondary N) is 1. The van der Waals surface area contributed by atoms with Crippen molar-refractivity contribution >= 4 is 28.5 Å². The number of amides is 1. The fourth-order valence-electron chi connectivity index (χ4n) is 5.24. The van der Waals surface area contributed by atoms with Gasteiger partial charge in [-0.2, -0.15) is 0 Å². The highest BCUT2D eigenvalue weighted by atomic mass is 35.5. The smallest absolute Gasteiger partial charge is 0.326 e. The molecule has 3 heterocycles. The molecule has 1 amide bonds. The maximum Gasteiger partial charge on any atom is 0.326 e. The fraction of sp³-hybridized carbons (Fsp3) is 0.667. The third-order valence-electron chi connectivity index (χ3n) is 7.02. The standard InChI is InChI=1S/C24H35ClN4O2/c1-24(2,3)22(30)28-13-6-5-8-16(28)9-7-12-27(4)17-14-18-19(25)10-11-20-21(18)29(15-17)23(31)26-20/h10-11,16-17H,5-9,12-15H2,1-4H3,(H,26,31). The van der Waals surface area contributed by atoms with Crippen LogP contribution in [0.15, 0.2) is 16.9 Å². The summed E-state index contributed by atoms with van der Waals surface area (Å²) in [5, 5.41) is 0.733. The summed E-state index contributed by atoms with van der Waals surface area (Å²) in [5.74, 6) is 0.278. The molecule has 0 spiro atoms. The van der Waals surface area contributed by atoms with Crippen molar-refractivity contribution in [2.75, 3.05) is 20.1 Å². The number of likely N-dealkylation sites (N-methyl/N-ethyl adjacent to an activating group) is 1. The first kappa shape index (κ1) is 22.4. The Kier molecular flexibility index (Phi) is 6.23. The van der Waals surface area contributed by atoms with Crippen LogP contribution in [0.5, 0.6) is 0 Å². The van der Waals surface area contributed by atoms with E-state index in [2.05, 4.69) is 21.8 Å². The first-order valence-corrected chi connectivity index (χ1v) is 12.0. The average Bonchev–Trinajstić information content (AvgIpc) is 3.06. The molecule has 1 fully saturated rings. The van der Waals surface area contributed by atoms with Gasteiger partial charge in [0.1, 0.15) is 0 Å². The van der Waals surface area contributed by atoms with Gasteiger partial charge in [-0.3, -0.25) is 9.36 Å². The zero-order valence-electron chi connectivity index (χ0n) is 19.2. The lowest BCUT2D eigenvalue weighted by molar-refractivity contribution is -0.143. The van der Waals surface area contributed by atoms with Gasteiger partial charge < -0.3 is 14.8 Å². The van der Waals surface area contributed by atoms with Crippen LogP contribution in [0.4, 0.5) is 0 Å². The topological polar surface area (TPSA) is 61.3 Å². The molecule has 2 atom stereocenters. The van der Waals surface area contributed by atoms with Crippen LogP contribution in [0.3, 0.4) is 0 Å². The number of aromatic nitrogens is 2. The number of imidazole rings is 1. The Balaban J connectivity index is 1.39. The van der Waals surface area contributed by atoms with Crippen LogP contribution in [-0.4, -0.2) is 57.5 Å². The lowest BCUT2D eigenvalue weighted by Crippen LogP contribution is -2.48. The molecule has 2 aromatic rings. The number of likely N-dealkylation sites (tertiary alicyclic amines) is 1. The van der Waals surface area contributed by atoms with Crippen molar-refractivity contribution in [3.05, 3.63) is 33.2 Å². The summed E-state index contributed by atoms with van der Waals surface area (Å²) < 4.78 is 1.84. The molecule has 0 bridgehead atoms. The van der Waals surface area contributed by atoms with Gasteiger partial charge in [0.25, 0.3) is 0 Å². The predicted octanol–water partition coefficient (Wildman–Crippen LogP) is 4.05. The van der Waals surface area contributed by atoms with E-state index in [0.717, 1.165) is 66.8 Å². The summed E-state index contributed by atoms with van der Waals surface area (Å²) in [6.07, 6.45) is 6.35. The number of benzene rings is 1. The highest BCUT2D eigenvalue weighted by molar-refractivity contribution is 6.32. The quantitative estimate of drug-likeness (QED) is 0.753.